The van der Waals surface area contributed by atoms with E-state index in [2.05, 4.69) is 21.8 Å². The number of benzene rings is 1. The van der Waals surface area contributed by atoms with Crippen LogP contribution in [0.25, 0.3) is 0 Å². The summed E-state index contributed by atoms with van der Waals surface area (Å²) in [5, 5.41) is 0. The van der Waals surface area contributed by atoms with Gasteiger partial charge in [-0.3, -0.25) is 4.79 Å². The van der Waals surface area contributed by atoms with Crippen LogP contribution in [0, 0.1) is 17.7 Å². The molecule has 3 atom stereocenters. The molecule has 2 fully saturated rings. The SMILES string of the molecule is CCc1cnc(N)nc1N1C[C@@H]2CN(C(=O)COC)[C@@H](c3cccc(F)c3)[C@@H]2C1. The molecular formula is C21H26FN5O2. The number of halogens is 1. The van der Waals surface area contributed by atoms with E-state index in [1.807, 2.05) is 11.0 Å². The van der Waals surface area contributed by atoms with Gasteiger partial charge in [0.1, 0.15) is 18.2 Å². The summed E-state index contributed by atoms with van der Waals surface area (Å²) >= 11 is 0. The summed E-state index contributed by atoms with van der Waals surface area (Å²) in [6.07, 6.45) is 2.59. The predicted molar refractivity (Wildman–Crippen MR) is 108 cm³/mol. The van der Waals surface area contributed by atoms with Gasteiger partial charge in [-0.25, -0.2) is 9.37 Å². The number of aromatic nitrogens is 2. The number of likely N-dealkylation sites (tertiary alicyclic amines) is 1. The highest BCUT2D eigenvalue weighted by Gasteiger charge is 2.49. The first-order valence-electron chi connectivity index (χ1n) is 9.92. The van der Waals surface area contributed by atoms with E-state index in [-0.39, 0.29) is 42.2 Å². The number of carbonyl (C=O) groups is 1. The van der Waals surface area contributed by atoms with Crippen LogP contribution in [0.3, 0.4) is 0 Å². The van der Waals surface area contributed by atoms with Gasteiger partial charge in [-0.15, -0.1) is 0 Å². The summed E-state index contributed by atoms with van der Waals surface area (Å²) in [7, 11) is 1.51. The maximum atomic E-state index is 14.0. The minimum Gasteiger partial charge on any atom is -0.375 e. The Hall–Kier alpha value is -2.74. The lowest BCUT2D eigenvalue weighted by Gasteiger charge is -2.30. The quantitative estimate of drug-likeness (QED) is 0.828. The van der Waals surface area contributed by atoms with Crippen LogP contribution in [0.1, 0.15) is 24.1 Å². The van der Waals surface area contributed by atoms with Crippen molar-refractivity contribution in [3.05, 3.63) is 47.4 Å². The van der Waals surface area contributed by atoms with Gasteiger partial charge in [-0.2, -0.15) is 4.98 Å². The van der Waals surface area contributed by atoms with Gasteiger partial charge in [-0.05, 0) is 24.1 Å². The minimum absolute atomic E-state index is 0.0252. The molecular weight excluding hydrogens is 373 g/mol. The van der Waals surface area contributed by atoms with Crippen molar-refractivity contribution in [3.63, 3.8) is 0 Å². The normalized spacial score (nSPS) is 23.5. The fourth-order valence-electron chi connectivity index (χ4n) is 4.73. The van der Waals surface area contributed by atoms with Crippen molar-refractivity contribution in [3.8, 4) is 0 Å². The molecule has 29 heavy (non-hydrogen) atoms. The second kappa shape index (κ2) is 7.94. The first-order valence-corrected chi connectivity index (χ1v) is 9.92. The van der Waals surface area contributed by atoms with Crippen LogP contribution < -0.4 is 10.6 Å². The molecule has 7 nitrogen and oxygen atoms in total. The number of carbonyl (C=O) groups excluding carboxylic acids is 1. The van der Waals surface area contributed by atoms with Crippen molar-refractivity contribution in [2.75, 3.05) is 44.0 Å². The molecule has 1 aromatic carbocycles. The van der Waals surface area contributed by atoms with Crippen molar-refractivity contribution in [1.82, 2.24) is 14.9 Å². The first kappa shape index (κ1) is 19.6. The summed E-state index contributed by atoms with van der Waals surface area (Å²) in [5.41, 5.74) is 7.71. The molecule has 3 heterocycles. The molecule has 2 aromatic rings. The van der Waals surface area contributed by atoms with E-state index in [9.17, 15) is 9.18 Å². The zero-order chi connectivity index (χ0) is 20.5. The van der Waals surface area contributed by atoms with E-state index in [1.165, 1.54) is 19.2 Å². The molecule has 154 valence electrons. The van der Waals surface area contributed by atoms with E-state index in [1.54, 1.807) is 12.3 Å². The summed E-state index contributed by atoms with van der Waals surface area (Å²) in [6.45, 7) is 4.21. The van der Waals surface area contributed by atoms with E-state index in [4.69, 9.17) is 10.5 Å². The second-order valence-corrected chi connectivity index (χ2v) is 7.74. The fourth-order valence-corrected chi connectivity index (χ4v) is 4.73. The number of rotatable bonds is 5. The molecule has 0 saturated carbocycles. The predicted octanol–water partition coefficient (Wildman–Crippen LogP) is 2.04. The Kier molecular flexibility index (Phi) is 5.36. The number of anilines is 2. The fraction of sp³-hybridized carbons (Fsp3) is 0.476. The highest BCUT2D eigenvalue weighted by molar-refractivity contribution is 5.78. The third-order valence-electron chi connectivity index (χ3n) is 5.98. The summed E-state index contributed by atoms with van der Waals surface area (Å²) < 4.78 is 19.0. The summed E-state index contributed by atoms with van der Waals surface area (Å²) in [4.78, 5) is 25.4. The van der Waals surface area contributed by atoms with Gasteiger partial charge in [0.2, 0.25) is 11.9 Å². The molecule has 2 saturated heterocycles. The zero-order valence-corrected chi connectivity index (χ0v) is 16.7. The molecule has 8 heteroatoms. The third kappa shape index (κ3) is 3.64. The van der Waals surface area contributed by atoms with Crippen LogP contribution in [-0.2, 0) is 16.0 Å². The highest BCUT2D eigenvalue weighted by Crippen LogP contribution is 2.46. The molecule has 0 spiro atoms. The minimum atomic E-state index is -0.295. The maximum Gasteiger partial charge on any atom is 0.249 e. The van der Waals surface area contributed by atoms with Gasteiger partial charge in [-0.1, -0.05) is 19.1 Å². The average molecular weight is 399 g/mol. The van der Waals surface area contributed by atoms with E-state index >= 15 is 0 Å². The van der Waals surface area contributed by atoms with Crippen LogP contribution in [0.5, 0.6) is 0 Å². The van der Waals surface area contributed by atoms with Gasteiger partial charge in [0.25, 0.3) is 0 Å². The lowest BCUT2D eigenvalue weighted by Crippen LogP contribution is -2.38. The smallest absolute Gasteiger partial charge is 0.249 e. The molecule has 0 bridgehead atoms. The van der Waals surface area contributed by atoms with Crippen LogP contribution >= 0.6 is 0 Å². The van der Waals surface area contributed by atoms with Gasteiger partial charge in [0.05, 0.1) is 6.04 Å². The number of fused-ring (bicyclic) bond motifs is 1. The molecule has 0 unspecified atom stereocenters. The number of ether oxygens (including phenoxy) is 1. The number of aryl methyl sites for hydroxylation is 1. The number of nitrogen functional groups attached to an aromatic ring is 1. The Morgan fingerprint density at radius 1 is 1.34 bits per heavy atom. The Labute approximate surface area is 169 Å². The lowest BCUT2D eigenvalue weighted by molar-refractivity contribution is -0.136. The van der Waals surface area contributed by atoms with Crippen LogP contribution in [0.2, 0.25) is 0 Å². The van der Waals surface area contributed by atoms with Crippen LogP contribution in [0.4, 0.5) is 16.2 Å². The Morgan fingerprint density at radius 3 is 2.90 bits per heavy atom. The Bertz CT molecular complexity index is 908. The number of nitrogens with two attached hydrogens (primary N) is 1. The number of nitrogens with zero attached hydrogens (tertiary/aromatic N) is 4. The second-order valence-electron chi connectivity index (χ2n) is 7.74. The number of hydrogen-bond acceptors (Lipinski definition) is 6. The largest absolute Gasteiger partial charge is 0.375 e. The van der Waals surface area contributed by atoms with Crippen LogP contribution in [-0.4, -0.2) is 54.1 Å². The molecule has 2 aliphatic rings. The van der Waals surface area contributed by atoms with Gasteiger partial charge in [0, 0.05) is 50.3 Å². The van der Waals surface area contributed by atoms with E-state index in [0.717, 1.165) is 36.5 Å². The highest BCUT2D eigenvalue weighted by atomic mass is 19.1. The van der Waals surface area contributed by atoms with Crippen LogP contribution in [0.15, 0.2) is 30.5 Å². The Morgan fingerprint density at radius 2 is 2.17 bits per heavy atom. The molecule has 2 aliphatic heterocycles. The molecule has 1 amide bonds. The molecule has 0 radical (unpaired) electrons. The van der Waals surface area contributed by atoms with Gasteiger partial charge in [0.15, 0.2) is 0 Å². The van der Waals surface area contributed by atoms with Crippen molar-refractivity contribution in [1.29, 1.82) is 0 Å². The monoisotopic (exact) mass is 399 g/mol. The Balaban J connectivity index is 1.66. The van der Waals surface area contributed by atoms with Crippen molar-refractivity contribution >= 4 is 17.7 Å². The van der Waals surface area contributed by atoms with Crippen molar-refractivity contribution in [2.45, 2.75) is 19.4 Å². The number of amides is 1. The number of methoxy groups -OCH3 is 1. The molecule has 4 rings (SSSR count). The zero-order valence-electron chi connectivity index (χ0n) is 16.7. The average Bonchev–Trinajstić information content (AvgIpc) is 3.26. The lowest BCUT2D eigenvalue weighted by atomic mass is 9.89. The third-order valence-corrected chi connectivity index (χ3v) is 5.98. The van der Waals surface area contributed by atoms with Crippen molar-refractivity contribution < 1.29 is 13.9 Å². The summed E-state index contributed by atoms with van der Waals surface area (Å²) in [5.74, 6) is 1.21. The topological polar surface area (TPSA) is 84.6 Å². The van der Waals surface area contributed by atoms with Gasteiger partial charge < -0.3 is 20.3 Å². The molecule has 0 aliphatic carbocycles. The van der Waals surface area contributed by atoms with Crippen molar-refractivity contribution in [2.24, 2.45) is 11.8 Å². The maximum absolute atomic E-state index is 14.0. The standard InChI is InChI=1S/C21H26FN5O2/c1-3-13-8-24-21(23)25-20(13)26-9-15-10-27(18(28)12-29-2)19(17(15)11-26)14-5-4-6-16(22)7-14/h4-8,15,17,19H,3,9-12H2,1-2H3,(H2,23,24,25)/t15-,17-,19+/m1/s1. The van der Waals surface area contributed by atoms with Gasteiger partial charge >= 0.3 is 0 Å². The van der Waals surface area contributed by atoms with E-state index < -0.39 is 0 Å². The number of hydrogen-bond donors (Lipinski definition) is 1. The van der Waals surface area contributed by atoms with E-state index in [0.29, 0.717) is 6.54 Å². The summed E-state index contributed by atoms with van der Waals surface area (Å²) in [6, 6.07) is 6.36. The molecule has 2 N–H and O–H groups in total. The first-order chi connectivity index (χ1) is 14.0. The molecule has 1 aromatic heterocycles.